The first-order chi connectivity index (χ1) is 13.8. The van der Waals surface area contributed by atoms with E-state index in [4.69, 9.17) is 15.0 Å². The molecule has 3 atom stereocenters. The summed E-state index contributed by atoms with van der Waals surface area (Å²) in [6, 6.07) is 20.0. The fourth-order valence-electron chi connectivity index (χ4n) is 3.41. The zero-order valence-corrected chi connectivity index (χ0v) is 16.1. The molecule has 1 aliphatic rings. The molecule has 0 saturated carbocycles. The molecule has 148 valence electrons. The maximum absolute atomic E-state index is 9.12. The van der Waals surface area contributed by atoms with Crippen molar-refractivity contribution in [2.75, 3.05) is 13.2 Å². The summed E-state index contributed by atoms with van der Waals surface area (Å²) in [5.41, 5.74) is 11.5. The highest BCUT2D eigenvalue weighted by molar-refractivity contribution is 5.17. The van der Waals surface area contributed by atoms with Crippen LogP contribution in [0.4, 0.5) is 0 Å². The predicted octanol–water partition coefficient (Wildman–Crippen LogP) is 4.61. The topological polar surface area (TPSA) is 79.3 Å². The molecule has 3 rings (SSSR count). The molecule has 1 heterocycles. The van der Waals surface area contributed by atoms with Crippen LogP contribution < -0.4 is 5.32 Å². The lowest BCUT2D eigenvalue weighted by Crippen LogP contribution is -2.42. The number of hydrogen-bond donors (Lipinski definition) is 1. The van der Waals surface area contributed by atoms with Gasteiger partial charge < -0.3 is 14.8 Å². The fraction of sp³-hybridized carbons (Fsp3) is 0.455. The monoisotopic (exact) mass is 380 g/mol. The van der Waals surface area contributed by atoms with Crippen LogP contribution in [0.2, 0.25) is 0 Å². The van der Waals surface area contributed by atoms with Crippen molar-refractivity contribution in [1.82, 2.24) is 5.32 Å². The van der Waals surface area contributed by atoms with E-state index in [1.165, 1.54) is 5.56 Å². The van der Waals surface area contributed by atoms with Gasteiger partial charge in [0.05, 0.1) is 12.1 Å². The van der Waals surface area contributed by atoms with Gasteiger partial charge in [-0.25, -0.2) is 0 Å². The Bertz CT molecular complexity index is 729. The molecule has 6 nitrogen and oxygen atoms in total. The van der Waals surface area contributed by atoms with Gasteiger partial charge in [-0.1, -0.05) is 65.8 Å². The molecule has 1 saturated heterocycles. The number of benzene rings is 2. The van der Waals surface area contributed by atoms with Crippen molar-refractivity contribution in [3.63, 3.8) is 0 Å². The molecule has 28 heavy (non-hydrogen) atoms. The summed E-state index contributed by atoms with van der Waals surface area (Å²) in [6.45, 7) is 2.05. The minimum Gasteiger partial charge on any atom is -0.353 e. The number of nitrogens with one attached hydrogen (secondary N) is 1. The number of hydrogen-bond acceptors (Lipinski definition) is 4. The Morgan fingerprint density at radius 1 is 1.07 bits per heavy atom. The lowest BCUT2D eigenvalue weighted by Gasteiger charge is -2.31. The number of azide groups is 1. The smallest absolute Gasteiger partial charge is 0.158 e. The van der Waals surface area contributed by atoms with Gasteiger partial charge >= 0.3 is 0 Å². The summed E-state index contributed by atoms with van der Waals surface area (Å²) in [4.78, 5) is 3.09. The van der Waals surface area contributed by atoms with Crippen molar-refractivity contribution >= 4 is 0 Å². The molecule has 1 N–H and O–H groups in total. The van der Waals surface area contributed by atoms with Crippen molar-refractivity contribution < 1.29 is 9.47 Å². The fourth-order valence-corrected chi connectivity index (χ4v) is 3.41. The highest BCUT2D eigenvalue weighted by atomic mass is 16.7. The van der Waals surface area contributed by atoms with E-state index in [1.54, 1.807) is 0 Å². The Kier molecular flexibility index (Phi) is 8.34. The van der Waals surface area contributed by atoms with E-state index in [0.29, 0.717) is 13.0 Å². The number of rotatable bonds is 10. The summed E-state index contributed by atoms with van der Waals surface area (Å²) in [6.07, 6.45) is 3.19. The lowest BCUT2D eigenvalue weighted by atomic mass is 10.0. The van der Waals surface area contributed by atoms with Crippen LogP contribution in [-0.4, -0.2) is 31.6 Å². The van der Waals surface area contributed by atoms with Crippen molar-refractivity contribution in [2.45, 2.75) is 50.7 Å². The minimum atomic E-state index is -0.304. The number of nitrogens with zero attached hydrogens (tertiary/aromatic N) is 3. The third-order valence-electron chi connectivity index (χ3n) is 4.90. The normalized spacial score (nSPS) is 18.8. The highest BCUT2D eigenvalue weighted by Gasteiger charge is 2.26. The molecule has 2 aromatic rings. The second kappa shape index (κ2) is 11.5. The Balaban J connectivity index is 1.67. The van der Waals surface area contributed by atoms with Crippen LogP contribution >= 0.6 is 0 Å². The van der Waals surface area contributed by atoms with E-state index in [-0.39, 0.29) is 18.4 Å². The SMILES string of the molecule is [N-]=[N+]=N[C@@H](Cc1ccccc1)[C@@H](CNCc1ccccc1)OC1CCCCO1. The van der Waals surface area contributed by atoms with E-state index >= 15 is 0 Å². The van der Waals surface area contributed by atoms with Crippen molar-refractivity contribution in [3.8, 4) is 0 Å². The van der Waals surface area contributed by atoms with Crippen molar-refractivity contribution in [2.24, 2.45) is 5.11 Å². The largest absolute Gasteiger partial charge is 0.353 e. The molecule has 1 aliphatic heterocycles. The van der Waals surface area contributed by atoms with Gasteiger partial charge in [-0.15, -0.1) is 0 Å². The zero-order valence-electron chi connectivity index (χ0n) is 16.1. The van der Waals surface area contributed by atoms with Gasteiger partial charge in [0.25, 0.3) is 0 Å². The first-order valence-corrected chi connectivity index (χ1v) is 9.95. The van der Waals surface area contributed by atoms with Gasteiger partial charge in [0, 0.05) is 24.6 Å². The van der Waals surface area contributed by atoms with Crippen LogP contribution in [0, 0.1) is 0 Å². The molecule has 0 amide bonds. The van der Waals surface area contributed by atoms with Crippen LogP contribution in [-0.2, 0) is 22.4 Å². The third kappa shape index (κ3) is 6.66. The minimum absolute atomic E-state index is 0.232. The van der Waals surface area contributed by atoms with Crippen LogP contribution in [0.25, 0.3) is 10.4 Å². The maximum Gasteiger partial charge on any atom is 0.158 e. The predicted molar refractivity (Wildman–Crippen MR) is 110 cm³/mol. The summed E-state index contributed by atoms with van der Waals surface area (Å²) < 4.78 is 12.0. The van der Waals surface area contributed by atoms with Gasteiger partial charge in [0.2, 0.25) is 0 Å². The molecule has 0 aromatic heterocycles. The Labute approximate surface area is 166 Å². The van der Waals surface area contributed by atoms with Gasteiger partial charge in [0.15, 0.2) is 6.29 Å². The Morgan fingerprint density at radius 2 is 1.79 bits per heavy atom. The molecule has 0 aliphatic carbocycles. The van der Waals surface area contributed by atoms with Crippen LogP contribution in [0.5, 0.6) is 0 Å². The summed E-state index contributed by atoms with van der Waals surface area (Å²) >= 11 is 0. The van der Waals surface area contributed by atoms with E-state index < -0.39 is 0 Å². The van der Waals surface area contributed by atoms with Crippen LogP contribution in [0.15, 0.2) is 65.8 Å². The highest BCUT2D eigenvalue weighted by Crippen LogP contribution is 2.20. The van der Waals surface area contributed by atoms with Crippen LogP contribution in [0.3, 0.4) is 0 Å². The quantitative estimate of drug-likeness (QED) is 0.371. The lowest BCUT2D eigenvalue weighted by molar-refractivity contribution is -0.190. The van der Waals surface area contributed by atoms with Crippen molar-refractivity contribution in [3.05, 3.63) is 82.2 Å². The summed E-state index contributed by atoms with van der Waals surface area (Å²) in [5, 5.41) is 7.52. The van der Waals surface area contributed by atoms with E-state index in [0.717, 1.165) is 38.0 Å². The molecule has 1 fully saturated rings. The van der Waals surface area contributed by atoms with E-state index in [9.17, 15) is 0 Å². The maximum atomic E-state index is 9.12. The van der Waals surface area contributed by atoms with Gasteiger partial charge in [-0.05, 0) is 42.3 Å². The average molecular weight is 380 g/mol. The Morgan fingerprint density at radius 3 is 2.43 bits per heavy atom. The summed E-state index contributed by atoms with van der Waals surface area (Å²) in [5.74, 6) is 0. The molecule has 6 heteroatoms. The van der Waals surface area contributed by atoms with Gasteiger partial charge in [-0.3, -0.25) is 0 Å². The molecular weight excluding hydrogens is 352 g/mol. The molecule has 0 radical (unpaired) electrons. The summed E-state index contributed by atoms with van der Waals surface area (Å²) in [7, 11) is 0. The first kappa shape index (κ1) is 20.4. The molecular formula is C22H28N4O2. The standard InChI is InChI=1S/C22H28N4O2/c23-26-25-20(15-18-9-3-1-4-10-18)21(28-22-13-7-8-14-27-22)17-24-16-19-11-5-2-6-12-19/h1-6,9-12,20-22,24H,7-8,13-17H2/t20-,21+,22?/m0/s1. The Hall–Kier alpha value is -2.37. The van der Waals surface area contributed by atoms with Gasteiger partial charge in [0.1, 0.15) is 0 Å². The van der Waals surface area contributed by atoms with Crippen LogP contribution in [0.1, 0.15) is 30.4 Å². The van der Waals surface area contributed by atoms with E-state index in [1.807, 2.05) is 48.5 Å². The second-order valence-corrected chi connectivity index (χ2v) is 7.05. The molecule has 2 aromatic carbocycles. The first-order valence-electron chi connectivity index (χ1n) is 9.95. The molecule has 1 unspecified atom stereocenters. The number of ether oxygens (including phenoxy) is 2. The van der Waals surface area contributed by atoms with E-state index in [2.05, 4.69) is 27.5 Å². The average Bonchev–Trinajstić information content (AvgIpc) is 2.75. The van der Waals surface area contributed by atoms with Gasteiger partial charge in [-0.2, -0.15) is 0 Å². The van der Waals surface area contributed by atoms with Crippen molar-refractivity contribution in [1.29, 1.82) is 0 Å². The molecule has 0 bridgehead atoms. The third-order valence-corrected chi connectivity index (χ3v) is 4.90. The zero-order chi connectivity index (χ0) is 19.4. The second-order valence-electron chi connectivity index (χ2n) is 7.05. The molecule has 0 spiro atoms.